The first-order valence-electron chi connectivity index (χ1n) is 6.57. The summed E-state index contributed by atoms with van der Waals surface area (Å²) in [7, 11) is 1.76. The summed E-state index contributed by atoms with van der Waals surface area (Å²) in [6.07, 6.45) is 1.32. The van der Waals surface area contributed by atoms with Gasteiger partial charge in [0.25, 0.3) is 5.91 Å². The van der Waals surface area contributed by atoms with Gasteiger partial charge in [0.15, 0.2) is 11.5 Å². The van der Waals surface area contributed by atoms with Crippen LogP contribution in [0.3, 0.4) is 0 Å². The molecular formula is C14H16ClNO4. The Bertz CT molecular complexity index is 542. The summed E-state index contributed by atoms with van der Waals surface area (Å²) < 4.78 is 10.5. The molecule has 3 rings (SSSR count). The molecular weight excluding hydrogens is 282 g/mol. The quantitative estimate of drug-likeness (QED) is 0.926. The van der Waals surface area contributed by atoms with Gasteiger partial charge < -0.3 is 19.5 Å². The lowest BCUT2D eigenvalue weighted by atomic mass is 9.82. The Hall–Kier alpha value is -1.46. The van der Waals surface area contributed by atoms with E-state index in [1.165, 1.54) is 0 Å². The minimum Gasteiger partial charge on any atom is -0.454 e. The molecule has 0 atom stereocenters. The first kappa shape index (κ1) is 13.5. The van der Waals surface area contributed by atoms with Crippen LogP contribution in [0.5, 0.6) is 11.5 Å². The van der Waals surface area contributed by atoms with Crippen LogP contribution in [0.4, 0.5) is 0 Å². The van der Waals surface area contributed by atoms with Gasteiger partial charge in [-0.15, -0.1) is 0 Å². The number of nitrogens with zero attached hydrogens (tertiary/aromatic N) is 1. The number of aliphatic hydroxyl groups is 1. The average Bonchev–Trinajstić information content (AvgIpc) is 2.84. The zero-order valence-electron chi connectivity index (χ0n) is 11.1. The van der Waals surface area contributed by atoms with E-state index in [1.54, 1.807) is 24.1 Å². The summed E-state index contributed by atoms with van der Waals surface area (Å²) in [5, 5.41) is 9.66. The van der Waals surface area contributed by atoms with Crippen LogP contribution in [0.15, 0.2) is 12.1 Å². The number of hydrogen-bond donors (Lipinski definition) is 1. The van der Waals surface area contributed by atoms with Crippen LogP contribution in [0.25, 0.3) is 0 Å². The third kappa shape index (κ3) is 2.43. The summed E-state index contributed by atoms with van der Waals surface area (Å²) in [6, 6.07) is 3.26. The molecule has 1 saturated carbocycles. The molecule has 20 heavy (non-hydrogen) atoms. The Morgan fingerprint density at radius 2 is 2.20 bits per heavy atom. The van der Waals surface area contributed by atoms with E-state index >= 15 is 0 Å². The molecule has 1 aromatic rings. The first-order chi connectivity index (χ1) is 9.54. The highest BCUT2D eigenvalue weighted by Crippen LogP contribution is 2.40. The second-order valence-electron chi connectivity index (χ2n) is 5.37. The van der Waals surface area contributed by atoms with Gasteiger partial charge in [-0.3, -0.25) is 4.79 Å². The number of ether oxygens (including phenoxy) is 2. The zero-order chi connectivity index (χ0) is 14.3. The standard InChI is InChI=1S/C14H16ClNO4/c1-16(6-8-2-10(17)3-8)14(18)9-4-11(15)13-12(5-9)19-7-20-13/h4-5,8,10,17H,2-3,6-7H2,1H3. The monoisotopic (exact) mass is 297 g/mol. The number of halogens is 1. The van der Waals surface area contributed by atoms with Crippen molar-refractivity contribution in [2.24, 2.45) is 5.92 Å². The molecule has 108 valence electrons. The van der Waals surface area contributed by atoms with E-state index < -0.39 is 0 Å². The number of benzene rings is 1. The Morgan fingerprint density at radius 1 is 1.45 bits per heavy atom. The molecule has 0 unspecified atom stereocenters. The van der Waals surface area contributed by atoms with Gasteiger partial charge in [0, 0.05) is 19.2 Å². The lowest BCUT2D eigenvalue weighted by Gasteiger charge is -2.34. The third-order valence-corrected chi connectivity index (χ3v) is 4.04. The van der Waals surface area contributed by atoms with Crippen molar-refractivity contribution in [2.45, 2.75) is 18.9 Å². The Morgan fingerprint density at radius 3 is 2.90 bits per heavy atom. The first-order valence-corrected chi connectivity index (χ1v) is 6.95. The number of amides is 1. The van der Waals surface area contributed by atoms with Crippen molar-refractivity contribution in [2.75, 3.05) is 20.4 Å². The summed E-state index contributed by atoms with van der Waals surface area (Å²) in [5.74, 6) is 1.27. The highest BCUT2D eigenvalue weighted by Gasteiger charge is 2.30. The van der Waals surface area contributed by atoms with Crippen molar-refractivity contribution in [3.05, 3.63) is 22.7 Å². The molecule has 1 aromatic carbocycles. The maximum absolute atomic E-state index is 12.4. The minimum absolute atomic E-state index is 0.105. The van der Waals surface area contributed by atoms with Gasteiger partial charge in [0.1, 0.15) is 0 Å². The number of fused-ring (bicyclic) bond motifs is 1. The summed E-state index contributed by atoms with van der Waals surface area (Å²) in [5.41, 5.74) is 0.488. The lowest BCUT2D eigenvalue weighted by Crippen LogP contribution is -2.39. The smallest absolute Gasteiger partial charge is 0.253 e. The minimum atomic E-state index is -0.205. The van der Waals surface area contributed by atoms with Crippen LogP contribution in [0, 0.1) is 5.92 Å². The van der Waals surface area contributed by atoms with Crippen molar-refractivity contribution in [1.29, 1.82) is 0 Å². The molecule has 1 aliphatic carbocycles. The SMILES string of the molecule is CN(CC1CC(O)C1)C(=O)c1cc(Cl)c2c(c1)OCO2. The molecule has 0 spiro atoms. The summed E-state index contributed by atoms with van der Waals surface area (Å²) >= 11 is 6.08. The van der Waals surface area contributed by atoms with Gasteiger partial charge in [-0.1, -0.05) is 11.6 Å². The van der Waals surface area contributed by atoms with Gasteiger partial charge in [-0.2, -0.15) is 0 Å². The highest BCUT2D eigenvalue weighted by atomic mass is 35.5. The molecule has 2 aliphatic rings. The number of aliphatic hydroxyl groups excluding tert-OH is 1. The van der Waals surface area contributed by atoms with Crippen LogP contribution in [0.1, 0.15) is 23.2 Å². The third-order valence-electron chi connectivity index (χ3n) is 3.76. The second-order valence-corrected chi connectivity index (χ2v) is 5.78. The predicted molar refractivity (Wildman–Crippen MR) is 73.3 cm³/mol. The molecule has 0 bridgehead atoms. The largest absolute Gasteiger partial charge is 0.454 e. The van der Waals surface area contributed by atoms with Gasteiger partial charge in [-0.05, 0) is 30.9 Å². The van der Waals surface area contributed by atoms with Crippen LogP contribution in [-0.2, 0) is 0 Å². The normalized spacial score (nSPS) is 23.4. The Balaban J connectivity index is 1.72. The Labute approximate surface area is 122 Å². The number of carbonyl (C=O) groups excluding carboxylic acids is 1. The average molecular weight is 298 g/mol. The van der Waals surface area contributed by atoms with Crippen LogP contribution >= 0.6 is 11.6 Å². The zero-order valence-corrected chi connectivity index (χ0v) is 11.9. The van der Waals surface area contributed by atoms with Crippen LogP contribution < -0.4 is 9.47 Å². The van der Waals surface area contributed by atoms with Crippen molar-refractivity contribution in [3.8, 4) is 11.5 Å². The fraction of sp³-hybridized carbons (Fsp3) is 0.500. The molecule has 5 nitrogen and oxygen atoms in total. The van der Waals surface area contributed by atoms with E-state index in [2.05, 4.69) is 0 Å². The molecule has 6 heteroatoms. The van der Waals surface area contributed by atoms with Crippen molar-refractivity contribution in [3.63, 3.8) is 0 Å². The molecule has 1 aliphatic heterocycles. The second kappa shape index (κ2) is 5.14. The van der Waals surface area contributed by atoms with Crippen LogP contribution in [0.2, 0.25) is 5.02 Å². The van der Waals surface area contributed by atoms with E-state index in [9.17, 15) is 9.90 Å². The molecule has 1 heterocycles. The summed E-state index contributed by atoms with van der Waals surface area (Å²) in [4.78, 5) is 14.0. The maximum atomic E-state index is 12.4. The van der Waals surface area contributed by atoms with E-state index in [0.29, 0.717) is 34.5 Å². The molecule has 1 fully saturated rings. The molecule has 0 radical (unpaired) electrons. The van der Waals surface area contributed by atoms with Gasteiger partial charge in [-0.25, -0.2) is 0 Å². The Kier molecular flexibility index (Phi) is 3.48. The lowest BCUT2D eigenvalue weighted by molar-refractivity contribution is 0.0265. The van der Waals surface area contributed by atoms with E-state index in [0.717, 1.165) is 12.8 Å². The molecule has 0 saturated heterocycles. The van der Waals surface area contributed by atoms with Crippen molar-refractivity contribution < 1.29 is 19.4 Å². The van der Waals surface area contributed by atoms with E-state index in [-0.39, 0.29) is 18.8 Å². The van der Waals surface area contributed by atoms with Crippen LogP contribution in [-0.4, -0.2) is 42.4 Å². The maximum Gasteiger partial charge on any atom is 0.253 e. The van der Waals surface area contributed by atoms with Crippen molar-refractivity contribution in [1.82, 2.24) is 4.90 Å². The topological polar surface area (TPSA) is 59.0 Å². The van der Waals surface area contributed by atoms with Gasteiger partial charge in [0.2, 0.25) is 6.79 Å². The molecule has 1 amide bonds. The number of carbonyl (C=O) groups is 1. The number of hydrogen-bond acceptors (Lipinski definition) is 4. The van der Waals surface area contributed by atoms with Crippen molar-refractivity contribution >= 4 is 17.5 Å². The predicted octanol–water partition coefficient (Wildman–Crippen LogP) is 1.91. The number of rotatable bonds is 3. The molecule has 1 N–H and O–H groups in total. The summed E-state index contributed by atoms with van der Waals surface area (Å²) in [6.45, 7) is 0.768. The van der Waals surface area contributed by atoms with E-state index in [4.69, 9.17) is 21.1 Å². The molecule has 0 aromatic heterocycles. The van der Waals surface area contributed by atoms with Gasteiger partial charge >= 0.3 is 0 Å². The van der Waals surface area contributed by atoms with Gasteiger partial charge in [0.05, 0.1) is 11.1 Å². The van der Waals surface area contributed by atoms with E-state index in [1.807, 2.05) is 0 Å². The highest BCUT2D eigenvalue weighted by molar-refractivity contribution is 6.32. The fourth-order valence-corrected chi connectivity index (χ4v) is 2.90. The fourth-order valence-electron chi connectivity index (χ4n) is 2.63.